The minimum atomic E-state index is -1.18. The van der Waals surface area contributed by atoms with Crippen LogP contribution in [0.3, 0.4) is 0 Å². The van der Waals surface area contributed by atoms with Crippen LogP contribution < -0.4 is 9.64 Å². The number of hydrogen-bond donors (Lipinski definition) is 0. The third-order valence-corrected chi connectivity index (χ3v) is 8.38. The molecule has 0 aliphatic carbocycles. The van der Waals surface area contributed by atoms with Gasteiger partial charge < -0.3 is 18.9 Å². The van der Waals surface area contributed by atoms with Crippen LogP contribution in [0.15, 0.2) is 97.1 Å². The van der Waals surface area contributed by atoms with E-state index in [-0.39, 0.29) is 5.97 Å². The number of ether oxygens (including phenoxy) is 2. The van der Waals surface area contributed by atoms with Gasteiger partial charge in [-0.25, -0.2) is 4.79 Å². The van der Waals surface area contributed by atoms with E-state index in [1.54, 1.807) is 0 Å². The van der Waals surface area contributed by atoms with E-state index >= 15 is 0 Å². The highest BCUT2D eigenvalue weighted by Crippen LogP contribution is 2.53. The molecule has 1 aliphatic heterocycles. The minimum absolute atomic E-state index is 0.324. The van der Waals surface area contributed by atoms with Gasteiger partial charge in [-0.05, 0) is 57.5 Å². The molecule has 0 saturated heterocycles. The Morgan fingerprint density at radius 2 is 1.54 bits per heavy atom. The number of fused-ring (bicyclic) bond motifs is 2. The lowest BCUT2D eigenvalue weighted by atomic mass is 9.78. The van der Waals surface area contributed by atoms with E-state index in [1.165, 1.54) is 0 Å². The smallest absolute Gasteiger partial charge is 0.340 e. The Morgan fingerprint density at radius 1 is 0.829 bits per heavy atom. The molecule has 5 nitrogen and oxygen atoms in total. The predicted molar refractivity (Wildman–Crippen MR) is 165 cm³/mol. The van der Waals surface area contributed by atoms with Gasteiger partial charge in [-0.3, -0.25) is 0 Å². The average molecular weight is 545 g/mol. The summed E-state index contributed by atoms with van der Waals surface area (Å²) in [7, 11) is 0. The Morgan fingerprint density at radius 3 is 2.29 bits per heavy atom. The van der Waals surface area contributed by atoms with E-state index in [9.17, 15) is 4.79 Å². The van der Waals surface area contributed by atoms with Crippen molar-refractivity contribution in [2.45, 2.75) is 46.4 Å². The topological polar surface area (TPSA) is 43.7 Å². The number of aromatic nitrogens is 1. The highest BCUT2D eigenvalue weighted by Gasteiger charge is 2.52. The van der Waals surface area contributed by atoms with Crippen LogP contribution in [0.5, 0.6) is 5.75 Å². The summed E-state index contributed by atoms with van der Waals surface area (Å²) >= 11 is 0. The van der Waals surface area contributed by atoms with Crippen LogP contribution in [0, 0.1) is 6.92 Å². The molecule has 0 radical (unpaired) electrons. The first kappa shape index (κ1) is 26.7. The molecule has 6 rings (SSSR count). The molecular weight excluding hydrogens is 508 g/mol. The molecule has 1 atom stereocenters. The van der Waals surface area contributed by atoms with Crippen molar-refractivity contribution in [2.24, 2.45) is 0 Å². The van der Waals surface area contributed by atoms with E-state index in [1.807, 2.05) is 42.5 Å². The predicted octanol–water partition coefficient (Wildman–Crippen LogP) is 7.86. The molecule has 1 aromatic heterocycles. The molecule has 41 heavy (non-hydrogen) atoms. The SMILES string of the molecule is CCN(CC)c1ccc(C2(c3c(C)n(CC)c4ccccc34)OC(=O)c3ccccc32)c(OCc2ccccc2)c1. The Balaban J connectivity index is 1.66. The fourth-order valence-corrected chi connectivity index (χ4v) is 6.46. The molecule has 4 aromatic carbocycles. The number of hydrogen-bond acceptors (Lipinski definition) is 4. The van der Waals surface area contributed by atoms with Gasteiger partial charge in [0.2, 0.25) is 0 Å². The fraction of sp³-hybridized carbons (Fsp3) is 0.250. The monoisotopic (exact) mass is 544 g/mol. The van der Waals surface area contributed by atoms with Crippen molar-refractivity contribution >= 4 is 22.6 Å². The van der Waals surface area contributed by atoms with Crippen molar-refractivity contribution in [3.05, 3.63) is 131 Å². The van der Waals surface area contributed by atoms with Gasteiger partial charge in [0.05, 0.1) is 5.56 Å². The number of aryl methyl sites for hydroxylation is 1. The summed E-state index contributed by atoms with van der Waals surface area (Å²) < 4.78 is 15.6. The maximum atomic E-state index is 13.6. The quantitative estimate of drug-likeness (QED) is 0.177. The standard InChI is InChI=1S/C36H36N2O3/c1-5-37(6-2)27-21-22-31(33(23-27)40-24-26-15-9-8-10-16-26)36(30-19-13-11-17-28(30)35(39)41-36)34-25(4)38(7-3)32-20-14-12-18-29(32)34/h8-23H,5-7,24H2,1-4H3. The number of esters is 1. The van der Waals surface area contributed by atoms with Gasteiger partial charge in [0.15, 0.2) is 5.60 Å². The summed E-state index contributed by atoms with van der Waals surface area (Å²) in [6, 6.07) is 32.7. The summed E-state index contributed by atoms with van der Waals surface area (Å²) in [5.41, 5.74) is 6.39. The molecule has 1 aliphatic rings. The number of benzene rings is 4. The van der Waals surface area contributed by atoms with Crippen molar-refractivity contribution in [2.75, 3.05) is 18.0 Å². The van der Waals surface area contributed by atoms with Gasteiger partial charge in [-0.2, -0.15) is 0 Å². The largest absolute Gasteiger partial charge is 0.488 e. The van der Waals surface area contributed by atoms with E-state index in [4.69, 9.17) is 9.47 Å². The zero-order valence-electron chi connectivity index (χ0n) is 24.2. The van der Waals surface area contributed by atoms with Crippen molar-refractivity contribution in [1.29, 1.82) is 0 Å². The van der Waals surface area contributed by atoms with Crippen LogP contribution in [0.1, 0.15) is 59.1 Å². The summed E-state index contributed by atoms with van der Waals surface area (Å²) in [5, 5.41) is 1.07. The minimum Gasteiger partial charge on any atom is -0.488 e. The lowest BCUT2D eigenvalue weighted by Gasteiger charge is -2.33. The Hall–Kier alpha value is -4.51. The van der Waals surface area contributed by atoms with Crippen LogP contribution in [0.2, 0.25) is 0 Å². The molecule has 5 aromatic rings. The first-order valence-electron chi connectivity index (χ1n) is 14.5. The molecule has 2 heterocycles. The number of rotatable bonds is 9. The van der Waals surface area contributed by atoms with Crippen LogP contribution in [0.25, 0.3) is 10.9 Å². The maximum Gasteiger partial charge on any atom is 0.340 e. The Kier molecular flexibility index (Phi) is 7.04. The molecule has 5 heteroatoms. The van der Waals surface area contributed by atoms with Crippen molar-refractivity contribution < 1.29 is 14.3 Å². The lowest BCUT2D eigenvalue weighted by Crippen LogP contribution is -2.31. The Bertz CT molecular complexity index is 1720. The van der Waals surface area contributed by atoms with Gasteiger partial charge >= 0.3 is 5.97 Å². The number of para-hydroxylation sites is 1. The number of carbonyl (C=O) groups excluding carboxylic acids is 1. The maximum absolute atomic E-state index is 13.6. The second-order valence-corrected chi connectivity index (χ2v) is 10.5. The number of anilines is 1. The number of carbonyl (C=O) groups is 1. The summed E-state index contributed by atoms with van der Waals surface area (Å²) in [6.07, 6.45) is 0. The molecule has 0 fully saturated rings. The van der Waals surface area contributed by atoms with Gasteiger partial charge in [-0.15, -0.1) is 0 Å². The van der Waals surface area contributed by atoms with Crippen molar-refractivity contribution in [1.82, 2.24) is 4.57 Å². The van der Waals surface area contributed by atoms with Crippen LogP contribution in [-0.2, 0) is 23.5 Å². The molecular formula is C36H36N2O3. The van der Waals surface area contributed by atoms with E-state index < -0.39 is 5.60 Å². The van der Waals surface area contributed by atoms with Crippen LogP contribution >= 0.6 is 0 Å². The Labute approximate surface area is 241 Å². The second-order valence-electron chi connectivity index (χ2n) is 10.5. The van der Waals surface area contributed by atoms with Gasteiger partial charge in [0.25, 0.3) is 0 Å². The third kappa shape index (κ3) is 4.28. The molecule has 0 saturated carbocycles. The molecule has 208 valence electrons. The highest BCUT2D eigenvalue weighted by atomic mass is 16.6. The van der Waals surface area contributed by atoms with E-state index in [2.05, 4.69) is 91.8 Å². The van der Waals surface area contributed by atoms with Gasteiger partial charge in [-0.1, -0.05) is 66.7 Å². The summed E-state index contributed by atoms with van der Waals surface area (Å²) in [6.45, 7) is 11.5. The summed E-state index contributed by atoms with van der Waals surface area (Å²) in [5.74, 6) is 0.380. The fourth-order valence-electron chi connectivity index (χ4n) is 6.46. The first-order chi connectivity index (χ1) is 20.0. The first-order valence-corrected chi connectivity index (χ1v) is 14.5. The normalized spacial score (nSPS) is 16.0. The zero-order valence-corrected chi connectivity index (χ0v) is 24.2. The third-order valence-electron chi connectivity index (χ3n) is 8.38. The molecule has 0 spiro atoms. The molecule has 0 amide bonds. The molecule has 0 bridgehead atoms. The average Bonchev–Trinajstić information content (AvgIpc) is 3.47. The van der Waals surface area contributed by atoms with E-state index in [0.29, 0.717) is 17.9 Å². The zero-order chi connectivity index (χ0) is 28.6. The lowest BCUT2D eigenvalue weighted by molar-refractivity contribution is 0.0245. The second kappa shape index (κ2) is 10.8. The van der Waals surface area contributed by atoms with Crippen molar-refractivity contribution in [3.8, 4) is 5.75 Å². The molecule has 0 N–H and O–H groups in total. The van der Waals surface area contributed by atoms with Gasteiger partial charge in [0.1, 0.15) is 12.4 Å². The van der Waals surface area contributed by atoms with Crippen molar-refractivity contribution in [3.63, 3.8) is 0 Å². The summed E-state index contributed by atoms with van der Waals surface area (Å²) in [4.78, 5) is 15.9. The van der Waals surface area contributed by atoms with E-state index in [0.717, 1.165) is 64.2 Å². The van der Waals surface area contributed by atoms with Gasteiger partial charge in [0, 0.05) is 64.7 Å². The van der Waals surface area contributed by atoms with Crippen LogP contribution in [0.4, 0.5) is 5.69 Å². The number of nitrogens with zero attached hydrogens (tertiary/aromatic N) is 2. The molecule has 1 unspecified atom stereocenters. The highest BCUT2D eigenvalue weighted by molar-refractivity contribution is 5.99. The van der Waals surface area contributed by atoms with Crippen LogP contribution in [-0.4, -0.2) is 23.6 Å². The number of cyclic esters (lactones) is 1.